The van der Waals surface area contributed by atoms with E-state index in [4.69, 9.17) is 28.4 Å². The van der Waals surface area contributed by atoms with Crippen molar-refractivity contribution < 1.29 is 62.3 Å². The van der Waals surface area contributed by atoms with Crippen molar-refractivity contribution in [3.05, 3.63) is 77.7 Å². The van der Waals surface area contributed by atoms with Crippen LogP contribution in [0.4, 0.5) is 0 Å². The number of ketones is 1. The zero-order chi connectivity index (χ0) is 45.4. The molecule has 14 rings (SSSR count). The van der Waals surface area contributed by atoms with Crippen LogP contribution in [0.25, 0.3) is 0 Å². The van der Waals surface area contributed by atoms with Crippen molar-refractivity contribution in [3.8, 4) is 23.0 Å². The molecule has 2 saturated carbocycles. The van der Waals surface area contributed by atoms with Crippen LogP contribution in [0, 0.1) is 29.6 Å². The van der Waals surface area contributed by atoms with Crippen molar-refractivity contribution in [3.63, 3.8) is 0 Å². The van der Waals surface area contributed by atoms with Crippen LogP contribution in [0.15, 0.2) is 48.6 Å². The third-order valence-corrected chi connectivity index (χ3v) is 19.1. The van der Waals surface area contributed by atoms with E-state index >= 15 is 0 Å². The smallest absolute Gasteiger partial charge is 1.00 e. The van der Waals surface area contributed by atoms with E-state index < -0.39 is 16.8 Å². The molecule has 2 aromatic carbocycles. The number of methoxy groups -OCH3 is 4. The van der Waals surface area contributed by atoms with E-state index in [0.29, 0.717) is 12.1 Å². The Labute approximate surface area is 427 Å². The van der Waals surface area contributed by atoms with E-state index in [0.717, 1.165) is 107 Å². The van der Waals surface area contributed by atoms with Gasteiger partial charge in [-0.25, -0.2) is 0 Å². The molecule has 1 unspecified atom stereocenters. The monoisotopic (exact) mass is 1030 g/mol. The number of ether oxygens (including phenoxy) is 6. The quantitative estimate of drug-likeness (QED) is 0.175. The van der Waals surface area contributed by atoms with Crippen molar-refractivity contribution >= 4 is 28.8 Å². The molecule has 4 spiro atoms. The summed E-state index contributed by atoms with van der Waals surface area (Å²) in [6.07, 6.45) is 19.8. The topological polar surface area (TPSA) is 99.2 Å². The first-order chi connectivity index (χ1) is 30.7. The number of aryl methyl sites for hydroxylation is 2. The molecular weight excluding hydrogens is 956 g/mol. The first-order valence-corrected chi connectivity index (χ1v) is 24.4. The summed E-state index contributed by atoms with van der Waals surface area (Å²) in [6.45, 7) is 13.5. The summed E-state index contributed by atoms with van der Waals surface area (Å²) in [7, 11) is 11.5. The molecule has 0 aromatic heterocycles. The number of benzene rings is 2. The van der Waals surface area contributed by atoms with E-state index in [1.54, 1.807) is 28.3 Å². The second kappa shape index (κ2) is 17.4. The molecule has 12 heteroatoms. The minimum Gasteiger partial charge on any atom is -1.00 e. The number of hydrogen-bond acceptors (Lipinski definition) is 10. The summed E-state index contributed by atoms with van der Waals surface area (Å²) in [5.41, 5.74) is 2.76. The summed E-state index contributed by atoms with van der Waals surface area (Å²) in [5.74, 6) is 3.41. The Balaban J connectivity index is 0.000000165. The second-order valence-corrected chi connectivity index (χ2v) is 21.4. The molecule has 356 valence electrons. The molecule has 8 bridgehead atoms. The van der Waals surface area contributed by atoms with Crippen LogP contribution in [-0.2, 0) is 37.9 Å². The van der Waals surface area contributed by atoms with Gasteiger partial charge in [0.1, 0.15) is 29.2 Å². The van der Waals surface area contributed by atoms with E-state index in [-0.39, 0.29) is 98.5 Å². The summed E-state index contributed by atoms with van der Waals surface area (Å²) in [4.78, 5) is 18.0. The van der Waals surface area contributed by atoms with Crippen molar-refractivity contribution in [2.75, 3.05) is 55.6 Å². The van der Waals surface area contributed by atoms with Gasteiger partial charge in [-0.05, 0) is 122 Å². The SMILES string of the molecule is CCCC(C)(O)[C@H]1C[C@@]23C=C[C@]1(OC)[C@@H]1Oc4c(OC)ccc5c4[C@@]12CCN(C)[C@@H]3CC5.COc1ccc2c3c1O[C@H]1[C@@]4(OC)C=C[C@@]5(C[C@@H]4C(C)=O)[C@@H](CC2)N(C)CC[C@]315.[CH2-]CC.[I-].[Mg+2]. The van der Waals surface area contributed by atoms with Crippen LogP contribution < -0.4 is 42.9 Å². The van der Waals surface area contributed by atoms with Crippen LogP contribution in [0.5, 0.6) is 23.0 Å². The molecule has 13 atom stereocenters. The molecule has 4 heterocycles. The minimum absolute atomic E-state index is 0. The third kappa shape index (κ3) is 6.03. The van der Waals surface area contributed by atoms with Crippen molar-refractivity contribution in [2.24, 2.45) is 22.7 Å². The van der Waals surface area contributed by atoms with E-state index in [9.17, 15) is 9.90 Å². The van der Waals surface area contributed by atoms with Gasteiger partial charge >= 0.3 is 23.1 Å². The Morgan fingerprint density at radius 3 is 1.68 bits per heavy atom. The fourth-order valence-corrected chi connectivity index (χ4v) is 16.8. The predicted octanol–water partition coefficient (Wildman–Crippen LogP) is 4.60. The molecule has 10 nitrogen and oxygen atoms in total. The predicted molar refractivity (Wildman–Crippen MR) is 253 cm³/mol. The summed E-state index contributed by atoms with van der Waals surface area (Å²) < 4.78 is 38.1. The number of carbonyl (C=O) groups is 1. The van der Waals surface area contributed by atoms with Gasteiger partial charge in [-0.1, -0.05) is 56.7 Å². The molecule has 0 amide bonds. The molecule has 2 aromatic rings. The van der Waals surface area contributed by atoms with Gasteiger partial charge < -0.3 is 74.2 Å². The van der Waals surface area contributed by atoms with Gasteiger partial charge in [0.05, 0.1) is 36.6 Å². The summed E-state index contributed by atoms with van der Waals surface area (Å²) in [6, 6.07) is 9.43. The number of halogens is 1. The number of aliphatic hydroxyl groups is 1. The fraction of sp³-hybridized carbons (Fsp3) is 0.667. The zero-order valence-corrected chi connectivity index (χ0v) is 44.8. The Bertz CT molecular complexity index is 2290. The molecule has 4 fully saturated rings. The van der Waals surface area contributed by atoms with E-state index in [1.165, 1.54) is 22.3 Å². The molecule has 66 heavy (non-hydrogen) atoms. The molecule has 8 aliphatic carbocycles. The first-order valence-electron chi connectivity index (χ1n) is 24.4. The Kier molecular flexibility index (Phi) is 13.3. The summed E-state index contributed by atoms with van der Waals surface area (Å²) in [5, 5.41) is 11.8. The number of fused-ring (bicyclic) bond motifs is 2. The normalized spacial score (nSPS) is 40.1. The third-order valence-electron chi connectivity index (χ3n) is 19.1. The second-order valence-electron chi connectivity index (χ2n) is 21.4. The molecule has 12 aliphatic rings. The standard InChI is InChI=1S/C27H37NO4.C24H29NO4.C3H7.HI.Mg/c1-6-11-24(2,29)19-16-25-12-13-27(19,31-5)23-26(25)14-15-28(3)20(25)10-8-17-7-9-18(30-4)22(32-23)21(17)26;1-14(26)16-13-22-9-10-24(16,28-4)21-23(22)11-12-25(2)18(22)8-6-15-5-7-17(27-3)20(29-21)19(15)23;1-3-2;;/h7,9,12-13,19-20,23,29H,6,8,10-11,14-16H2,1-5H3;5,7,9-10,16,18,21H,6,8,11-13H2,1-4H3;1,3H2,2H3;1H;/q;;-1;;+2/p-1/t19-,20-,23-,24?,25-,26+,27-;16-,18-,21-,22-,23+,24-;;;/m11.../s1. The van der Waals surface area contributed by atoms with Crippen LogP contribution in [0.1, 0.15) is 108 Å². The Hall–Kier alpha value is -1.91. The maximum atomic E-state index is 12.9. The average molecular weight is 1030 g/mol. The molecular formula is C54H73IMgN2O8. The largest absolute Gasteiger partial charge is 2.00 e. The van der Waals surface area contributed by atoms with Gasteiger partial charge in [-0.15, -0.1) is 0 Å². The van der Waals surface area contributed by atoms with E-state index in [1.807, 2.05) is 27.0 Å². The number of Topliss-reactive ketones (excluding diaryl/α,β-unsaturated/α-hetero) is 1. The first kappa shape index (κ1) is 50.5. The summed E-state index contributed by atoms with van der Waals surface area (Å²) >= 11 is 0. The van der Waals surface area contributed by atoms with Gasteiger partial charge in [-0.3, -0.25) is 4.79 Å². The van der Waals surface area contributed by atoms with Gasteiger partial charge in [0, 0.05) is 54.2 Å². The number of nitrogens with zero attached hydrogens (tertiary/aromatic N) is 2. The van der Waals surface area contributed by atoms with E-state index in [2.05, 4.69) is 80.2 Å². The molecule has 1 N–H and O–H groups in total. The number of likely N-dealkylation sites (tertiary alicyclic amines) is 2. The maximum absolute atomic E-state index is 12.9. The molecule has 0 radical (unpaired) electrons. The minimum atomic E-state index is -0.825. The van der Waals surface area contributed by atoms with Crippen LogP contribution in [-0.4, -0.2) is 140 Å². The molecule has 4 aliphatic heterocycles. The maximum Gasteiger partial charge on any atom is 2.00 e. The van der Waals surface area contributed by atoms with Gasteiger partial charge in [-0.2, -0.15) is 6.42 Å². The zero-order valence-electron chi connectivity index (χ0n) is 41.3. The average Bonchev–Trinajstić information content (AvgIpc) is 3.81. The van der Waals surface area contributed by atoms with Crippen molar-refractivity contribution in [1.82, 2.24) is 9.80 Å². The molecule has 2 saturated heterocycles. The Morgan fingerprint density at radius 2 is 1.24 bits per heavy atom. The van der Waals surface area contributed by atoms with Gasteiger partial charge in [0.2, 0.25) is 0 Å². The van der Waals surface area contributed by atoms with Crippen LogP contribution in [0.2, 0.25) is 0 Å². The fourth-order valence-electron chi connectivity index (χ4n) is 16.8. The van der Waals surface area contributed by atoms with Crippen LogP contribution in [0.3, 0.4) is 0 Å². The number of piperidine rings is 2. The number of carbonyl (C=O) groups excluding carboxylic acids is 1. The van der Waals surface area contributed by atoms with Crippen molar-refractivity contribution in [2.45, 2.75) is 150 Å². The van der Waals surface area contributed by atoms with Crippen LogP contribution >= 0.6 is 0 Å². The Morgan fingerprint density at radius 1 is 0.788 bits per heavy atom. The number of hydrogen-bond donors (Lipinski definition) is 1. The number of rotatable bonds is 8. The van der Waals surface area contributed by atoms with Gasteiger partial charge in [0.25, 0.3) is 0 Å². The van der Waals surface area contributed by atoms with Gasteiger partial charge in [0.15, 0.2) is 23.0 Å². The van der Waals surface area contributed by atoms with Crippen molar-refractivity contribution in [1.29, 1.82) is 0 Å².